The van der Waals surface area contributed by atoms with Crippen LogP contribution in [0, 0.1) is 12.7 Å². The first-order chi connectivity index (χ1) is 15.8. The minimum Gasteiger partial charge on any atom is -0.321 e. The number of hydrogen-bond donors (Lipinski definition) is 1. The fourth-order valence-electron chi connectivity index (χ4n) is 4.18. The van der Waals surface area contributed by atoms with E-state index < -0.39 is 15.8 Å². The highest BCUT2D eigenvalue weighted by molar-refractivity contribution is 7.92. The van der Waals surface area contributed by atoms with E-state index in [0.29, 0.717) is 41.4 Å². The van der Waals surface area contributed by atoms with E-state index in [2.05, 4.69) is 10.3 Å². The quantitative estimate of drug-likeness (QED) is 0.491. The number of rotatable bonds is 4. The van der Waals surface area contributed by atoms with Gasteiger partial charge in [0, 0.05) is 18.4 Å². The number of aromatic nitrogens is 2. The van der Waals surface area contributed by atoms with Gasteiger partial charge in [0.15, 0.2) is 0 Å². The second-order valence-corrected chi connectivity index (χ2v) is 9.77. The summed E-state index contributed by atoms with van der Waals surface area (Å²) >= 11 is 0. The van der Waals surface area contributed by atoms with E-state index in [1.807, 2.05) is 24.3 Å². The molecule has 0 fully saturated rings. The number of carbonyl (C=O) groups excluding carboxylic acids is 1. The van der Waals surface area contributed by atoms with Crippen molar-refractivity contribution < 1.29 is 17.6 Å². The van der Waals surface area contributed by atoms with Crippen molar-refractivity contribution in [1.82, 2.24) is 9.38 Å². The van der Waals surface area contributed by atoms with Gasteiger partial charge in [-0.05, 0) is 73.9 Å². The first-order valence-electron chi connectivity index (χ1n) is 10.5. The van der Waals surface area contributed by atoms with Crippen molar-refractivity contribution in [2.75, 3.05) is 16.2 Å². The van der Waals surface area contributed by atoms with Crippen LogP contribution in [0.15, 0.2) is 71.8 Å². The van der Waals surface area contributed by atoms with E-state index in [9.17, 15) is 17.6 Å². The molecule has 9 heteroatoms. The van der Waals surface area contributed by atoms with E-state index in [0.717, 1.165) is 24.1 Å². The molecule has 1 N–H and O–H groups in total. The number of nitrogens with zero attached hydrogens (tertiary/aromatic N) is 3. The molecule has 1 amide bonds. The van der Waals surface area contributed by atoms with Crippen LogP contribution in [0.2, 0.25) is 0 Å². The van der Waals surface area contributed by atoms with Gasteiger partial charge >= 0.3 is 0 Å². The summed E-state index contributed by atoms with van der Waals surface area (Å²) in [5.41, 5.74) is 3.54. The normalized spacial score (nSPS) is 13.7. The van der Waals surface area contributed by atoms with Crippen molar-refractivity contribution in [2.24, 2.45) is 0 Å². The van der Waals surface area contributed by atoms with E-state index >= 15 is 0 Å². The fraction of sp³-hybridized carbons (Fsp3) is 0.167. The van der Waals surface area contributed by atoms with E-state index in [1.54, 1.807) is 29.7 Å². The molecule has 2 aromatic heterocycles. The van der Waals surface area contributed by atoms with Crippen molar-refractivity contribution >= 4 is 33.0 Å². The van der Waals surface area contributed by atoms with Gasteiger partial charge in [0.1, 0.15) is 17.2 Å². The maximum atomic E-state index is 13.3. The molecular formula is C24H21FN4O3S. The number of benzene rings is 2. The summed E-state index contributed by atoms with van der Waals surface area (Å²) in [4.78, 5) is 17.5. The molecule has 3 heterocycles. The standard InChI is InChI=1S/C24H21FN4O3S/c1-16-23(28-13-3-2-6-22(28)26-16)24(30)27-19-10-7-17-5-4-14-29(21(17)15-19)33(31,32)20-11-8-18(25)9-12-20/h2-3,6-13,15H,4-5,14H2,1H3,(H,27,30). The largest absolute Gasteiger partial charge is 0.321 e. The fourth-order valence-corrected chi connectivity index (χ4v) is 5.71. The van der Waals surface area contributed by atoms with Crippen molar-refractivity contribution in [3.63, 3.8) is 0 Å². The van der Waals surface area contributed by atoms with Gasteiger partial charge in [-0.25, -0.2) is 17.8 Å². The van der Waals surface area contributed by atoms with Crippen molar-refractivity contribution in [3.8, 4) is 0 Å². The van der Waals surface area contributed by atoms with Crippen LogP contribution in [0.3, 0.4) is 0 Å². The number of halogens is 1. The molecular weight excluding hydrogens is 443 g/mol. The highest BCUT2D eigenvalue weighted by Crippen LogP contribution is 2.34. The maximum absolute atomic E-state index is 13.3. The van der Waals surface area contributed by atoms with Crippen LogP contribution in [0.25, 0.3) is 5.65 Å². The van der Waals surface area contributed by atoms with Gasteiger partial charge in [-0.2, -0.15) is 0 Å². The Bertz CT molecular complexity index is 1480. The van der Waals surface area contributed by atoms with Crippen LogP contribution in [0.1, 0.15) is 28.2 Å². The van der Waals surface area contributed by atoms with Crippen molar-refractivity contribution in [1.29, 1.82) is 0 Å². The zero-order valence-electron chi connectivity index (χ0n) is 17.8. The van der Waals surface area contributed by atoms with Crippen LogP contribution < -0.4 is 9.62 Å². The molecule has 0 unspecified atom stereocenters. The monoisotopic (exact) mass is 464 g/mol. The molecule has 0 aliphatic carbocycles. The highest BCUT2D eigenvalue weighted by atomic mass is 32.2. The molecule has 0 saturated carbocycles. The van der Waals surface area contributed by atoms with E-state index in [1.165, 1.54) is 16.4 Å². The Hall–Kier alpha value is -3.72. The van der Waals surface area contributed by atoms with E-state index in [4.69, 9.17) is 0 Å². The third-order valence-electron chi connectivity index (χ3n) is 5.74. The highest BCUT2D eigenvalue weighted by Gasteiger charge is 2.29. The lowest BCUT2D eigenvalue weighted by Crippen LogP contribution is -2.35. The number of anilines is 2. The molecule has 1 aliphatic heterocycles. The number of imidazole rings is 1. The van der Waals surface area contributed by atoms with Gasteiger partial charge in [-0.1, -0.05) is 12.1 Å². The summed E-state index contributed by atoms with van der Waals surface area (Å²) in [7, 11) is -3.88. The Morgan fingerprint density at radius 3 is 2.67 bits per heavy atom. The molecule has 0 atom stereocenters. The maximum Gasteiger partial charge on any atom is 0.274 e. The average Bonchev–Trinajstić information content (AvgIpc) is 3.14. The molecule has 1 aliphatic rings. The minimum atomic E-state index is -3.88. The predicted molar refractivity (Wildman–Crippen MR) is 124 cm³/mol. The predicted octanol–water partition coefficient (Wildman–Crippen LogP) is 4.18. The number of amides is 1. The number of sulfonamides is 1. The zero-order valence-corrected chi connectivity index (χ0v) is 18.6. The first-order valence-corrected chi connectivity index (χ1v) is 11.9. The smallest absolute Gasteiger partial charge is 0.274 e. The summed E-state index contributed by atoms with van der Waals surface area (Å²) in [6.45, 7) is 2.07. The molecule has 4 aromatic rings. The Morgan fingerprint density at radius 1 is 1.09 bits per heavy atom. The molecule has 5 rings (SSSR count). The molecule has 7 nitrogen and oxygen atoms in total. The molecule has 0 spiro atoms. The molecule has 0 bridgehead atoms. The lowest BCUT2D eigenvalue weighted by atomic mass is 10.0. The van der Waals surface area contributed by atoms with Gasteiger partial charge in [0.2, 0.25) is 0 Å². The number of hydrogen-bond acceptors (Lipinski definition) is 4. The van der Waals surface area contributed by atoms with Crippen LogP contribution in [-0.4, -0.2) is 30.3 Å². The first kappa shape index (κ1) is 21.1. The summed E-state index contributed by atoms with van der Waals surface area (Å²) in [6.07, 6.45) is 3.17. The SMILES string of the molecule is Cc1nc2ccccn2c1C(=O)Nc1ccc2c(c1)N(S(=O)(=O)c1ccc(F)cc1)CCC2. The van der Waals surface area contributed by atoms with Gasteiger partial charge in [-0.15, -0.1) is 0 Å². The molecule has 2 aromatic carbocycles. The second-order valence-electron chi connectivity index (χ2n) is 7.91. The van der Waals surface area contributed by atoms with Gasteiger partial charge < -0.3 is 5.32 Å². The van der Waals surface area contributed by atoms with Crippen LogP contribution in [-0.2, 0) is 16.4 Å². The van der Waals surface area contributed by atoms with E-state index in [-0.39, 0.29) is 10.8 Å². The topological polar surface area (TPSA) is 83.8 Å². The Morgan fingerprint density at radius 2 is 1.88 bits per heavy atom. The summed E-state index contributed by atoms with van der Waals surface area (Å²) in [5.74, 6) is -0.837. The summed E-state index contributed by atoms with van der Waals surface area (Å²) in [6, 6.07) is 15.6. The van der Waals surface area contributed by atoms with Gasteiger partial charge in [0.05, 0.1) is 16.3 Å². The average molecular weight is 465 g/mol. The molecule has 33 heavy (non-hydrogen) atoms. The zero-order chi connectivity index (χ0) is 23.2. The minimum absolute atomic E-state index is 0.0209. The molecule has 0 saturated heterocycles. The molecule has 168 valence electrons. The summed E-state index contributed by atoms with van der Waals surface area (Å²) < 4.78 is 42.9. The van der Waals surface area contributed by atoms with Crippen LogP contribution in [0.4, 0.5) is 15.8 Å². The van der Waals surface area contributed by atoms with Gasteiger partial charge in [-0.3, -0.25) is 13.5 Å². The van der Waals surface area contributed by atoms with Crippen molar-refractivity contribution in [2.45, 2.75) is 24.7 Å². The number of fused-ring (bicyclic) bond motifs is 2. The summed E-state index contributed by atoms with van der Waals surface area (Å²) in [5, 5.41) is 2.88. The van der Waals surface area contributed by atoms with Gasteiger partial charge in [0.25, 0.3) is 15.9 Å². The number of nitrogens with one attached hydrogen (secondary N) is 1. The number of aryl methyl sites for hydroxylation is 2. The Labute approximate surface area is 190 Å². The van der Waals surface area contributed by atoms with Crippen LogP contribution >= 0.6 is 0 Å². The third kappa shape index (κ3) is 3.74. The Balaban J connectivity index is 1.49. The lowest BCUT2D eigenvalue weighted by molar-refractivity contribution is 0.102. The van der Waals surface area contributed by atoms with Crippen molar-refractivity contribution in [3.05, 3.63) is 89.6 Å². The molecule has 0 radical (unpaired) electrons. The lowest BCUT2D eigenvalue weighted by Gasteiger charge is -2.31. The number of carbonyl (C=O) groups is 1. The number of pyridine rings is 1. The third-order valence-corrected chi connectivity index (χ3v) is 7.57. The Kier molecular flexibility index (Phi) is 5.13. The van der Waals surface area contributed by atoms with Crippen LogP contribution in [0.5, 0.6) is 0 Å². The second kappa shape index (κ2) is 8.00.